The van der Waals surface area contributed by atoms with E-state index in [1.165, 1.54) is 0 Å². The van der Waals surface area contributed by atoms with Crippen molar-refractivity contribution in [2.45, 2.75) is 33.2 Å². The first-order valence-electron chi connectivity index (χ1n) is 5.09. The van der Waals surface area contributed by atoms with E-state index >= 15 is 0 Å². The Balaban J connectivity index is 3.44. The van der Waals surface area contributed by atoms with Crippen LogP contribution in [0.25, 0.3) is 0 Å². The molecule has 84 valence electrons. The zero-order valence-corrected chi connectivity index (χ0v) is 9.29. The molecule has 14 heavy (non-hydrogen) atoms. The molecule has 0 heterocycles. The molecule has 0 spiro atoms. The molecule has 0 saturated carbocycles. The zero-order valence-electron chi connectivity index (χ0n) is 9.29. The summed E-state index contributed by atoms with van der Waals surface area (Å²) in [6.45, 7) is 7.07. The standard InChI is InChI=1S/C10H21NO3/c1-4-5-13-6-7-14-10(12)8(2)9(3)11/h8-9H,4-7,11H2,1-3H3. The average molecular weight is 203 g/mol. The van der Waals surface area contributed by atoms with E-state index in [1.807, 2.05) is 6.92 Å². The molecule has 4 heteroatoms. The van der Waals surface area contributed by atoms with Gasteiger partial charge >= 0.3 is 5.97 Å². The maximum absolute atomic E-state index is 11.3. The molecule has 0 aliphatic rings. The maximum atomic E-state index is 11.3. The van der Waals surface area contributed by atoms with Crippen LogP contribution in [0.4, 0.5) is 0 Å². The molecular weight excluding hydrogens is 182 g/mol. The fraction of sp³-hybridized carbons (Fsp3) is 0.900. The van der Waals surface area contributed by atoms with Crippen LogP contribution in [0.1, 0.15) is 27.2 Å². The lowest BCUT2D eigenvalue weighted by molar-refractivity contribution is -0.150. The van der Waals surface area contributed by atoms with Gasteiger partial charge in [0.15, 0.2) is 0 Å². The van der Waals surface area contributed by atoms with E-state index < -0.39 is 0 Å². The van der Waals surface area contributed by atoms with Crippen molar-refractivity contribution in [2.24, 2.45) is 11.7 Å². The molecule has 0 aromatic rings. The third kappa shape index (κ3) is 5.94. The van der Waals surface area contributed by atoms with E-state index in [-0.39, 0.29) is 17.9 Å². The molecule has 0 aliphatic carbocycles. The van der Waals surface area contributed by atoms with E-state index in [0.29, 0.717) is 19.8 Å². The van der Waals surface area contributed by atoms with Crippen molar-refractivity contribution >= 4 is 5.97 Å². The molecule has 2 atom stereocenters. The predicted molar refractivity (Wildman–Crippen MR) is 54.9 cm³/mol. The van der Waals surface area contributed by atoms with Gasteiger partial charge in [-0.15, -0.1) is 0 Å². The number of hydrogen-bond acceptors (Lipinski definition) is 4. The molecule has 0 aromatic heterocycles. The first-order chi connectivity index (χ1) is 6.59. The second-order valence-corrected chi connectivity index (χ2v) is 3.43. The summed E-state index contributed by atoms with van der Waals surface area (Å²) in [5.74, 6) is -0.499. The molecule has 0 fully saturated rings. The number of carbonyl (C=O) groups is 1. The summed E-state index contributed by atoms with van der Waals surface area (Å²) in [5, 5.41) is 0. The number of rotatable bonds is 7. The summed E-state index contributed by atoms with van der Waals surface area (Å²) >= 11 is 0. The minimum Gasteiger partial charge on any atom is -0.463 e. The molecule has 0 rings (SSSR count). The van der Waals surface area contributed by atoms with Crippen molar-refractivity contribution in [3.63, 3.8) is 0 Å². The van der Waals surface area contributed by atoms with Gasteiger partial charge in [-0.05, 0) is 13.3 Å². The highest BCUT2D eigenvalue weighted by Gasteiger charge is 2.17. The van der Waals surface area contributed by atoms with Crippen molar-refractivity contribution in [1.82, 2.24) is 0 Å². The zero-order chi connectivity index (χ0) is 11.0. The molecule has 2 N–H and O–H groups in total. The van der Waals surface area contributed by atoms with Crippen molar-refractivity contribution < 1.29 is 14.3 Å². The van der Waals surface area contributed by atoms with Gasteiger partial charge in [-0.3, -0.25) is 4.79 Å². The second kappa shape index (κ2) is 7.76. The van der Waals surface area contributed by atoms with Gasteiger partial charge in [0.05, 0.1) is 12.5 Å². The Morgan fingerprint density at radius 1 is 1.29 bits per heavy atom. The van der Waals surface area contributed by atoms with E-state index in [9.17, 15) is 4.79 Å². The fourth-order valence-corrected chi connectivity index (χ4v) is 0.794. The van der Waals surface area contributed by atoms with Gasteiger partial charge < -0.3 is 15.2 Å². The van der Waals surface area contributed by atoms with Crippen LogP contribution in [0.3, 0.4) is 0 Å². The normalized spacial score (nSPS) is 14.9. The third-order valence-electron chi connectivity index (χ3n) is 1.98. The highest BCUT2D eigenvalue weighted by molar-refractivity contribution is 5.72. The summed E-state index contributed by atoms with van der Waals surface area (Å²) < 4.78 is 10.1. The maximum Gasteiger partial charge on any atom is 0.310 e. The lowest BCUT2D eigenvalue weighted by Crippen LogP contribution is -2.32. The summed E-state index contributed by atoms with van der Waals surface area (Å²) in [4.78, 5) is 11.3. The summed E-state index contributed by atoms with van der Waals surface area (Å²) in [7, 11) is 0. The number of esters is 1. The van der Waals surface area contributed by atoms with Gasteiger partial charge in [0.2, 0.25) is 0 Å². The van der Waals surface area contributed by atoms with Crippen molar-refractivity contribution in [1.29, 1.82) is 0 Å². The predicted octanol–water partition coefficient (Wildman–Crippen LogP) is 0.940. The van der Waals surface area contributed by atoms with Crippen LogP contribution in [0.2, 0.25) is 0 Å². The van der Waals surface area contributed by atoms with Crippen LogP contribution in [-0.2, 0) is 14.3 Å². The average Bonchev–Trinajstić information content (AvgIpc) is 2.16. The second-order valence-electron chi connectivity index (χ2n) is 3.43. The van der Waals surface area contributed by atoms with Gasteiger partial charge in [0.25, 0.3) is 0 Å². The van der Waals surface area contributed by atoms with E-state index in [1.54, 1.807) is 13.8 Å². The van der Waals surface area contributed by atoms with Gasteiger partial charge in [0, 0.05) is 12.6 Å². The summed E-state index contributed by atoms with van der Waals surface area (Å²) in [5.41, 5.74) is 5.56. The highest BCUT2D eigenvalue weighted by Crippen LogP contribution is 2.02. The van der Waals surface area contributed by atoms with E-state index in [0.717, 1.165) is 6.42 Å². The Morgan fingerprint density at radius 3 is 2.43 bits per heavy atom. The van der Waals surface area contributed by atoms with Crippen molar-refractivity contribution in [3.8, 4) is 0 Å². The molecular formula is C10H21NO3. The minimum absolute atomic E-state index is 0.168. The Bertz CT molecular complexity index is 159. The van der Waals surface area contributed by atoms with Crippen LogP contribution >= 0.6 is 0 Å². The van der Waals surface area contributed by atoms with E-state index in [4.69, 9.17) is 15.2 Å². The fourth-order valence-electron chi connectivity index (χ4n) is 0.794. The summed E-state index contributed by atoms with van der Waals surface area (Å²) in [6.07, 6.45) is 0.976. The lowest BCUT2D eigenvalue weighted by atomic mass is 10.1. The molecule has 4 nitrogen and oxygen atoms in total. The molecule has 0 aromatic carbocycles. The van der Waals surface area contributed by atoms with Crippen LogP contribution < -0.4 is 5.73 Å². The molecule has 0 radical (unpaired) electrons. The molecule has 2 unspecified atom stereocenters. The van der Waals surface area contributed by atoms with Gasteiger partial charge in [0.1, 0.15) is 6.61 Å². The molecule has 0 amide bonds. The third-order valence-corrected chi connectivity index (χ3v) is 1.98. The Hall–Kier alpha value is -0.610. The quantitative estimate of drug-likeness (QED) is 0.494. The monoisotopic (exact) mass is 203 g/mol. The Morgan fingerprint density at radius 2 is 1.93 bits per heavy atom. The van der Waals surface area contributed by atoms with Crippen LogP contribution in [-0.4, -0.2) is 31.8 Å². The van der Waals surface area contributed by atoms with Gasteiger partial charge in [-0.1, -0.05) is 13.8 Å². The number of hydrogen-bond donors (Lipinski definition) is 1. The minimum atomic E-state index is -0.250. The smallest absolute Gasteiger partial charge is 0.310 e. The van der Waals surface area contributed by atoms with Crippen molar-refractivity contribution in [2.75, 3.05) is 19.8 Å². The van der Waals surface area contributed by atoms with Crippen molar-refractivity contribution in [3.05, 3.63) is 0 Å². The topological polar surface area (TPSA) is 61.5 Å². The molecule has 0 saturated heterocycles. The van der Waals surface area contributed by atoms with E-state index in [2.05, 4.69) is 0 Å². The number of nitrogens with two attached hydrogens (primary N) is 1. The van der Waals surface area contributed by atoms with Crippen LogP contribution in [0.15, 0.2) is 0 Å². The summed E-state index contributed by atoms with van der Waals surface area (Å²) in [6, 6.07) is -0.168. The van der Waals surface area contributed by atoms with Gasteiger partial charge in [-0.25, -0.2) is 0 Å². The van der Waals surface area contributed by atoms with Crippen LogP contribution in [0.5, 0.6) is 0 Å². The highest BCUT2D eigenvalue weighted by atomic mass is 16.6. The molecule has 0 bridgehead atoms. The lowest BCUT2D eigenvalue weighted by Gasteiger charge is -2.14. The van der Waals surface area contributed by atoms with Gasteiger partial charge in [-0.2, -0.15) is 0 Å². The first-order valence-corrected chi connectivity index (χ1v) is 5.09. The Labute approximate surface area is 85.8 Å². The number of carbonyl (C=O) groups excluding carboxylic acids is 1. The van der Waals surface area contributed by atoms with Crippen LogP contribution in [0, 0.1) is 5.92 Å². The Kier molecular flexibility index (Phi) is 7.42. The first kappa shape index (κ1) is 13.4. The largest absolute Gasteiger partial charge is 0.463 e. The SMILES string of the molecule is CCCOCCOC(=O)C(C)C(C)N. The number of ether oxygens (including phenoxy) is 2. The molecule has 0 aliphatic heterocycles.